The minimum absolute atomic E-state index is 0.0451. The Morgan fingerprint density at radius 2 is 2.10 bits per heavy atom. The molecule has 4 rings (SSSR count). The summed E-state index contributed by atoms with van der Waals surface area (Å²) in [4.78, 5) is 22.4. The van der Waals surface area contributed by atoms with Gasteiger partial charge in [-0.25, -0.2) is 4.98 Å². The van der Waals surface area contributed by atoms with Crippen LogP contribution in [-0.2, 0) is 13.1 Å². The van der Waals surface area contributed by atoms with Gasteiger partial charge in [0, 0.05) is 49.4 Å². The van der Waals surface area contributed by atoms with Gasteiger partial charge in [0.05, 0.1) is 11.3 Å². The van der Waals surface area contributed by atoms with Gasteiger partial charge in [0.1, 0.15) is 5.82 Å². The van der Waals surface area contributed by atoms with E-state index in [2.05, 4.69) is 65.6 Å². The predicted octanol–water partition coefficient (Wildman–Crippen LogP) is 3.02. The monoisotopic (exact) mass is 407 g/mol. The Hall–Kier alpha value is -2.44. The van der Waals surface area contributed by atoms with E-state index in [9.17, 15) is 4.79 Å². The van der Waals surface area contributed by atoms with Crippen molar-refractivity contribution in [3.05, 3.63) is 47.0 Å². The minimum atomic E-state index is 0.0451. The Bertz CT molecular complexity index is 922. The second kappa shape index (κ2) is 8.74. The van der Waals surface area contributed by atoms with Gasteiger partial charge in [0.25, 0.3) is 5.91 Å². The summed E-state index contributed by atoms with van der Waals surface area (Å²) in [5, 5.41) is 6.35. The van der Waals surface area contributed by atoms with E-state index in [1.807, 2.05) is 13.1 Å². The topological polar surface area (TPSA) is 60.5 Å². The van der Waals surface area contributed by atoms with Crippen LogP contribution in [0.5, 0.6) is 0 Å². The third-order valence-corrected chi connectivity index (χ3v) is 5.90. The molecule has 1 aliphatic carbocycles. The van der Waals surface area contributed by atoms with E-state index < -0.39 is 0 Å². The smallest absolute Gasteiger partial charge is 0.252 e. The largest absolute Gasteiger partial charge is 0.349 e. The zero-order valence-electron chi connectivity index (χ0n) is 18.5. The van der Waals surface area contributed by atoms with E-state index in [1.165, 1.54) is 5.56 Å². The van der Waals surface area contributed by atoms with E-state index in [0.717, 1.165) is 67.2 Å². The lowest BCUT2D eigenvalue weighted by Gasteiger charge is -2.39. The van der Waals surface area contributed by atoms with Crippen LogP contribution in [0.3, 0.4) is 0 Å². The van der Waals surface area contributed by atoms with Crippen LogP contribution in [0.2, 0.25) is 0 Å². The third kappa shape index (κ3) is 4.50. The zero-order valence-corrected chi connectivity index (χ0v) is 18.5. The molecule has 1 aromatic heterocycles. The quantitative estimate of drug-likeness (QED) is 0.669. The molecule has 1 aliphatic heterocycles. The molecule has 0 saturated heterocycles. The number of hydrogen-bond donors (Lipinski definition) is 2. The number of hydrogen-bond acceptors (Lipinski definition) is 5. The molecule has 30 heavy (non-hydrogen) atoms. The number of carbonyl (C=O) groups excluding carboxylic acids is 1. The number of pyridine rings is 1. The van der Waals surface area contributed by atoms with Gasteiger partial charge in [0.15, 0.2) is 0 Å². The van der Waals surface area contributed by atoms with Crippen LogP contribution in [-0.4, -0.2) is 55.1 Å². The number of aromatic nitrogens is 1. The fourth-order valence-corrected chi connectivity index (χ4v) is 3.90. The van der Waals surface area contributed by atoms with Gasteiger partial charge in [-0.3, -0.25) is 4.79 Å². The Balaban J connectivity index is 1.63. The molecule has 6 heteroatoms. The highest BCUT2D eigenvalue weighted by Gasteiger charge is 2.33. The summed E-state index contributed by atoms with van der Waals surface area (Å²) in [6.07, 6.45) is 2.18. The second-order valence-corrected chi connectivity index (χ2v) is 8.87. The van der Waals surface area contributed by atoms with Crippen LogP contribution >= 0.6 is 0 Å². The van der Waals surface area contributed by atoms with Crippen molar-refractivity contribution in [3.63, 3.8) is 0 Å². The first-order chi connectivity index (χ1) is 14.5. The van der Waals surface area contributed by atoms with Crippen molar-refractivity contribution in [2.45, 2.75) is 51.9 Å². The van der Waals surface area contributed by atoms with Gasteiger partial charge in [0.2, 0.25) is 0 Å². The van der Waals surface area contributed by atoms with E-state index in [-0.39, 0.29) is 5.91 Å². The fourth-order valence-electron chi connectivity index (χ4n) is 3.90. The average molecular weight is 408 g/mol. The summed E-state index contributed by atoms with van der Waals surface area (Å²) in [5.74, 6) is 1.00. The second-order valence-electron chi connectivity index (χ2n) is 8.87. The fraction of sp³-hybridized carbons (Fsp3) is 0.500. The highest BCUT2D eigenvalue weighted by atomic mass is 16.1. The zero-order chi connectivity index (χ0) is 21.3. The van der Waals surface area contributed by atoms with Crippen LogP contribution in [0.4, 0.5) is 5.82 Å². The summed E-state index contributed by atoms with van der Waals surface area (Å²) in [5.41, 5.74) is 5.05. The lowest BCUT2D eigenvalue weighted by molar-refractivity contribution is 0.0949. The molecule has 2 aromatic rings. The number of likely N-dealkylation sites (N-methyl/N-ethyl adjacent to an activating group) is 2. The molecule has 0 unspecified atom stereocenters. The minimum Gasteiger partial charge on any atom is -0.349 e. The normalized spacial score (nSPS) is 15.3. The first-order valence-electron chi connectivity index (χ1n) is 11.0. The molecule has 1 aromatic carbocycles. The first-order valence-corrected chi connectivity index (χ1v) is 11.0. The van der Waals surface area contributed by atoms with E-state index in [4.69, 9.17) is 4.98 Å². The summed E-state index contributed by atoms with van der Waals surface area (Å²) < 4.78 is 0. The molecule has 1 amide bonds. The maximum absolute atomic E-state index is 12.9. The van der Waals surface area contributed by atoms with Crippen molar-refractivity contribution in [1.29, 1.82) is 0 Å². The number of anilines is 1. The van der Waals surface area contributed by atoms with Gasteiger partial charge >= 0.3 is 0 Å². The van der Waals surface area contributed by atoms with Crippen LogP contribution in [0.1, 0.15) is 48.2 Å². The van der Waals surface area contributed by atoms with Crippen molar-refractivity contribution in [2.75, 3.05) is 32.1 Å². The summed E-state index contributed by atoms with van der Waals surface area (Å²) in [6, 6.07) is 11.2. The van der Waals surface area contributed by atoms with Crippen molar-refractivity contribution in [2.24, 2.45) is 0 Å². The van der Waals surface area contributed by atoms with E-state index >= 15 is 0 Å². The molecule has 2 heterocycles. The molecule has 2 N–H and O–H groups in total. The molecule has 160 valence electrons. The van der Waals surface area contributed by atoms with Crippen molar-refractivity contribution in [3.8, 4) is 11.3 Å². The maximum Gasteiger partial charge on any atom is 0.252 e. The lowest BCUT2D eigenvalue weighted by Crippen LogP contribution is -2.41. The number of rotatable bonds is 9. The number of carbonyl (C=O) groups is 1. The van der Waals surface area contributed by atoms with E-state index in [0.29, 0.717) is 12.1 Å². The molecule has 0 atom stereocenters. The molecule has 1 saturated carbocycles. The molecule has 0 spiro atoms. The van der Waals surface area contributed by atoms with Crippen LogP contribution in [0, 0.1) is 0 Å². The molecular weight excluding hydrogens is 374 g/mol. The SMILES string of the molecule is CNCCN(C)Cc1cccc(-c2cc(C(=O)NC3CC3)c3c(n2)N(C(C)C)C3)c1. The number of nitrogens with zero attached hydrogens (tertiary/aromatic N) is 3. The third-order valence-electron chi connectivity index (χ3n) is 5.90. The van der Waals surface area contributed by atoms with Crippen molar-refractivity contribution in [1.82, 2.24) is 20.5 Å². The molecular formula is C24H33N5O. The van der Waals surface area contributed by atoms with Crippen molar-refractivity contribution < 1.29 is 4.79 Å². The lowest BCUT2D eigenvalue weighted by atomic mass is 9.96. The average Bonchev–Trinajstić information content (AvgIpc) is 3.50. The standard InChI is InChI=1S/C24H33N5O/c1-16(2)29-15-21-20(24(30)26-19-8-9-19)13-22(27-23(21)29)18-7-5-6-17(12-18)14-28(4)11-10-25-3/h5-7,12-13,16,19,25H,8-11,14-15H2,1-4H3,(H,26,30). The van der Waals surface area contributed by atoms with Gasteiger partial charge < -0.3 is 20.4 Å². The van der Waals surface area contributed by atoms with Crippen LogP contribution in [0.15, 0.2) is 30.3 Å². The van der Waals surface area contributed by atoms with Crippen molar-refractivity contribution >= 4 is 11.7 Å². The molecule has 0 radical (unpaired) electrons. The predicted molar refractivity (Wildman–Crippen MR) is 122 cm³/mol. The van der Waals surface area contributed by atoms with Gasteiger partial charge in [-0.15, -0.1) is 0 Å². The summed E-state index contributed by atoms with van der Waals surface area (Å²) in [6.45, 7) is 7.98. The Morgan fingerprint density at radius 3 is 2.80 bits per heavy atom. The van der Waals surface area contributed by atoms with Crippen LogP contribution in [0.25, 0.3) is 11.3 Å². The Morgan fingerprint density at radius 1 is 1.30 bits per heavy atom. The highest BCUT2D eigenvalue weighted by Crippen LogP contribution is 2.38. The number of fused-ring (bicyclic) bond motifs is 1. The van der Waals surface area contributed by atoms with Gasteiger partial charge in [-0.2, -0.15) is 0 Å². The molecule has 0 bridgehead atoms. The maximum atomic E-state index is 12.9. The Labute approximate surface area is 179 Å². The summed E-state index contributed by atoms with van der Waals surface area (Å²) >= 11 is 0. The highest BCUT2D eigenvalue weighted by molar-refractivity contribution is 5.99. The molecule has 1 fully saturated rings. The number of amides is 1. The summed E-state index contributed by atoms with van der Waals surface area (Å²) in [7, 11) is 4.11. The van der Waals surface area contributed by atoms with E-state index in [1.54, 1.807) is 0 Å². The van der Waals surface area contributed by atoms with Gasteiger partial charge in [-0.1, -0.05) is 18.2 Å². The van der Waals surface area contributed by atoms with Crippen LogP contribution < -0.4 is 15.5 Å². The molecule has 6 nitrogen and oxygen atoms in total. The number of benzene rings is 1. The molecule has 2 aliphatic rings. The first kappa shape index (κ1) is 20.8. The Kier molecular flexibility index (Phi) is 6.06. The van der Waals surface area contributed by atoms with Gasteiger partial charge in [-0.05, 0) is 58.5 Å². The number of nitrogens with one attached hydrogen (secondary N) is 2.